The first-order valence-electron chi connectivity index (χ1n) is 7.55. The lowest BCUT2D eigenvalue weighted by molar-refractivity contribution is 0.340. The molecule has 1 aromatic heterocycles. The van der Waals surface area contributed by atoms with Crippen LogP contribution in [-0.2, 0) is 0 Å². The largest absolute Gasteiger partial charge is 0.494 e. The summed E-state index contributed by atoms with van der Waals surface area (Å²) in [5.74, 6) is 1.65. The Morgan fingerprint density at radius 2 is 1.84 bits per heavy atom. The van der Waals surface area contributed by atoms with E-state index in [1.165, 1.54) is 6.20 Å². The molecule has 6 nitrogen and oxygen atoms in total. The fourth-order valence-corrected chi connectivity index (χ4v) is 2.42. The fraction of sp³-hybridized carbons (Fsp3) is 0.118. The standard InChI is InChI=1S/C17H15Cl2N5O/c1-2-25-13-6-4-12(5-7-13)21-17-23-16(10-20-24-17)22-15-9-11(18)3-8-14(15)19/h3-10H,2H2,1H3,(H2,21,22,23,24). The Morgan fingerprint density at radius 1 is 1.04 bits per heavy atom. The number of nitrogens with zero attached hydrogens (tertiary/aromatic N) is 3. The minimum atomic E-state index is 0.354. The average molecular weight is 376 g/mol. The van der Waals surface area contributed by atoms with Crippen LogP contribution >= 0.6 is 23.2 Å². The van der Waals surface area contributed by atoms with E-state index < -0.39 is 0 Å². The Labute approximate surface area is 155 Å². The van der Waals surface area contributed by atoms with Crippen molar-refractivity contribution >= 4 is 46.3 Å². The minimum Gasteiger partial charge on any atom is -0.494 e. The molecule has 0 aliphatic carbocycles. The number of aromatic nitrogens is 3. The van der Waals surface area contributed by atoms with Crippen LogP contribution in [0.15, 0.2) is 48.7 Å². The van der Waals surface area contributed by atoms with Gasteiger partial charge in [-0.25, -0.2) is 0 Å². The Kier molecular flexibility index (Phi) is 5.53. The Bertz CT molecular complexity index is 858. The molecule has 0 spiro atoms. The zero-order valence-electron chi connectivity index (χ0n) is 13.3. The minimum absolute atomic E-state index is 0.354. The molecule has 1 heterocycles. The van der Waals surface area contributed by atoms with Crippen LogP contribution in [0.2, 0.25) is 10.0 Å². The smallest absolute Gasteiger partial charge is 0.249 e. The number of ether oxygens (including phenoxy) is 1. The van der Waals surface area contributed by atoms with Gasteiger partial charge < -0.3 is 15.4 Å². The summed E-state index contributed by atoms with van der Waals surface area (Å²) < 4.78 is 5.41. The van der Waals surface area contributed by atoms with E-state index >= 15 is 0 Å². The van der Waals surface area contributed by atoms with Crippen LogP contribution in [0.3, 0.4) is 0 Å². The summed E-state index contributed by atoms with van der Waals surface area (Å²) in [4.78, 5) is 4.36. The van der Waals surface area contributed by atoms with Gasteiger partial charge in [0.1, 0.15) is 5.75 Å². The van der Waals surface area contributed by atoms with Gasteiger partial charge >= 0.3 is 0 Å². The van der Waals surface area contributed by atoms with Crippen molar-refractivity contribution in [1.82, 2.24) is 15.2 Å². The molecule has 25 heavy (non-hydrogen) atoms. The van der Waals surface area contributed by atoms with E-state index in [9.17, 15) is 0 Å². The number of hydrogen-bond donors (Lipinski definition) is 2. The predicted octanol–water partition coefficient (Wildman–Crippen LogP) is 5.06. The molecule has 2 aromatic carbocycles. The van der Waals surface area contributed by atoms with Gasteiger partial charge in [0.15, 0.2) is 5.82 Å². The summed E-state index contributed by atoms with van der Waals surface area (Å²) in [5, 5.41) is 15.2. The molecule has 0 saturated carbocycles. The second-order valence-electron chi connectivity index (χ2n) is 5.00. The van der Waals surface area contributed by atoms with Crippen LogP contribution in [-0.4, -0.2) is 21.8 Å². The highest BCUT2D eigenvalue weighted by Crippen LogP contribution is 2.28. The van der Waals surface area contributed by atoms with Crippen molar-refractivity contribution in [2.45, 2.75) is 6.92 Å². The molecule has 3 rings (SSSR count). The third-order valence-electron chi connectivity index (χ3n) is 3.17. The van der Waals surface area contributed by atoms with Gasteiger partial charge in [-0.15, -0.1) is 5.10 Å². The van der Waals surface area contributed by atoms with E-state index in [-0.39, 0.29) is 0 Å². The Morgan fingerprint density at radius 3 is 2.60 bits per heavy atom. The van der Waals surface area contributed by atoms with E-state index in [0.29, 0.717) is 34.1 Å². The van der Waals surface area contributed by atoms with E-state index in [1.54, 1.807) is 18.2 Å². The molecule has 0 bridgehead atoms. The van der Waals surface area contributed by atoms with Gasteiger partial charge in [0.2, 0.25) is 5.95 Å². The average Bonchev–Trinajstić information content (AvgIpc) is 2.60. The fourth-order valence-electron chi connectivity index (χ4n) is 2.08. The van der Waals surface area contributed by atoms with E-state index in [2.05, 4.69) is 25.8 Å². The Balaban J connectivity index is 1.74. The number of benzene rings is 2. The number of nitrogens with one attached hydrogen (secondary N) is 2. The number of rotatable bonds is 6. The van der Waals surface area contributed by atoms with Gasteiger partial charge in [-0.05, 0) is 49.4 Å². The lowest BCUT2D eigenvalue weighted by atomic mass is 10.3. The molecule has 0 unspecified atom stereocenters. The van der Waals surface area contributed by atoms with Crippen molar-refractivity contribution in [3.63, 3.8) is 0 Å². The van der Waals surface area contributed by atoms with Crippen LogP contribution in [0.1, 0.15) is 6.92 Å². The molecule has 8 heteroatoms. The molecule has 128 valence electrons. The number of hydrogen-bond acceptors (Lipinski definition) is 6. The van der Waals surface area contributed by atoms with Crippen LogP contribution in [0, 0.1) is 0 Å². The van der Waals surface area contributed by atoms with Crippen LogP contribution in [0.25, 0.3) is 0 Å². The van der Waals surface area contributed by atoms with Crippen molar-refractivity contribution < 1.29 is 4.74 Å². The van der Waals surface area contributed by atoms with E-state index in [1.807, 2.05) is 31.2 Å². The van der Waals surface area contributed by atoms with Crippen molar-refractivity contribution in [2.24, 2.45) is 0 Å². The van der Waals surface area contributed by atoms with Crippen molar-refractivity contribution in [3.8, 4) is 5.75 Å². The maximum Gasteiger partial charge on any atom is 0.249 e. The molecule has 0 aliphatic heterocycles. The summed E-state index contributed by atoms with van der Waals surface area (Å²) in [6.07, 6.45) is 1.50. The molecule has 0 aliphatic rings. The molecule has 2 N–H and O–H groups in total. The maximum absolute atomic E-state index is 6.14. The van der Waals surface area contributed by atoms with Gasteiger partial charge in [0.25, 0.3) is 0 Å². The normalized spacial score (nSPS) is 10.4. The maximum atomic E-state index is 6.14. The predicted molar refractivity (Wildman–Crippen MR) is 100 cm³/mol. The van der Waals surface area contributed by atoms with E-state index in [0.717, 1.165) is 11.4 Å². The third-order valence-corrected chi connectivity index (χ3v) is 3.74. The molecule has 3 aromatic rings. The molecule has 0 saturated heterocycles. The SMILES string of the molecule is CCOc1ccc(Nc2nncc(Nc3cc(Cl)ccc3Cl)n2)cc1. The number of anilines is 4. The monoisotopic (exact) mass is 375 g/mol. The quantitative estimate of drug-likeness (QED) is 0.626. The molecule has 0 atom stereocenters. The van der Waals surface area contributed by atoms with Gasteiger partial charge in [-0.2, -0.15) is 10.1 Å². The van der Waals surface area contributed by atoms with E-state index in [4.69, 9.17) is 27.9 Å². The summed E-state index contributed by atoms with van der Waals surface area (Å²) in [6, 6.07) is 12.6. The molecule has 0 amide bonds. The highest BCUT2D eigenvalue weighted by molar-refractivity contribution is 6.35. The summed E-state index contributed by atoms with van der Waals surface area (Å²) in [6.45, 7) is 2.57. The summed E-state index contributed by atoms with van der Waals surface area (Å²) in [5.41, 5.74) is 1.46. The van der Waals surface area contributed by atoms with Crippen LogP contribution in [0.5, 0.6) is 5.75 Å². The Hall–Kier alpha value is -2.57. The lowest BCUT2D eigenvalue weighted by Gasteiger charge is -2.09. The van der Waals surface area contributed by atoms with Gasteiger partial charge in [0.05, 0.1) is 23.5 Å². The molecular weight excluding hydrogens is 361 g/mol. The molecule has 0 fully saturated rings. The lowest BCUT2D eigenvalue weighted by Crippen LogP contribution is -2.02. The van der Waals surface area contributed by atoms with Gasteiger partial charge in [0, 0.05) is 10.7 Å². The third kappa shape index (κ3) is 4.71. The zero-order chi connectivity index (χ0) is 17.6. The van der Waals surface area contributed by atoms with Crippen LogP contribution < -0.4 is 15.4 Å². The molecule has 0 radical (unpaired) electrons. The molecular formula is C17H15Cl2N5O. The topological polar surface area (TPSA) is 72.0 Å². The first-order chi connectivity index (χ1) is 12.1. The highest BCUT2D eigenvalue weighted by Gasteiger charge is 2.06. The van der Waals surface area contributed by atoms with Gasteiger partial charge in [-0.3, -0.25) is 0 Å². The van der Waals surface area contributed by atoms with Crippen molar-refractivity contribution in [1.29, 1.82) is 0 Å². The summed E-state index contributed by atoms with van der Waals surface area (Å²) in [7, 11) is 0. The first-order valence-corrected chi connectivity index (χ1v) is 8.31. The second kappa shape index (κ2) is 8.00. The first kappa shape index (κ1) is 17.3. The van der Waals surface area contributed by atoms with Gasteiger partial charge in [-0.1, -0.05) is 23.2 Å². The summed E-state index contributed by atoms with van der Waals surface area (Å²) >= 11 is 12.1. The number of halogens is 2. The zero-order valence-corrected chi connectivity index (χ0v) is 14.8. The second-order valence-corrected chi connectivity index (χ2v) is 5.84. The van der Waals surface area contributed by atoms with Crippen molar-refractivity contribution in [3.05, 3.63) is 58.7 Å². The van der Waals surface area contributed by atoms with Crippen LogP contribution in [0.4, 0.5) is 23.1 Å². The highest BCUT2D eigenvalue weighted by atomic mass is 35.5. The van der Waals surface area contributed by atoms with Crippen molar-refractivity contribution in [2.75, 3.05) is 17.2 Å².